The van der Waals surface area contributed by atoms with Gasteiger partial charge in [0.2, 0.25) is 0 Å². The van der Waals surface area contributed by atoms with Crippen molar-refractivity contribution in [2.75, 3.05) is 57.3 Å². The lowest BCUT2D eigenvalue weighted by atomic mass is 9.79. The van der Waals surface area contributed by atoms with Gasteiger partial charge in [0.15, 0.2) is 37.8 Å². The zero-order valence-corrected chi connectivity index (χ0v) is 25.5. The lowest BCUT2D eigenvalue weighted by Crippen LogP contribution is -2.50. The molecule has 2 bridgehead atoms. The van der Waals surface area contributed by atoms with Crippen LogP contribution >= 0.6 is 0 Å². The van der Waals surface area contributed by atoms with Crippen LogP contribution in [0.2, 0.25) is 0 Å². The van der Waals surface area contributed by atoms with Crippen LogP contribution in [0.15, 0.2) is 63.4 Å². The molecule has 2 aromatic carbocycles. The molecule has 1 fully saturated rings. The van der Waals surface area contributed by atoms with Crippen LogP contribution in [-0.4, -0.2) is 91.6 Å². The van der Waals surface area contributed by atoms with Crippen molar-refractivity contribution in [2.24, 2.45) is 11.8 Å². The Kier molecular flexibility index (Phi) is 7.00. The first kappa shape index (κ1) is 29.1. The number of Topliss-reactive ketones (excluding diaryl/α,β-unsaturated/α-hetero) is 2. The van der Waals surface area contributed by atoms with Gasteiger partial charge in [0.25, 0.3) is 5.91 Å². The van der Waals surface area contributed by atoms with Gasteiger partial charge in [-0.1, -0.05) is 12.2 Å². The van der Waals surface area contributed by atoms with E-state index < -0.39 is 19.7 Å². The molecule has 1 saturated heterocycles. The Morgan fingerprint density at radius 1 is 0.884 bits per heavy atom. The first-order valence-corrected chi connectivity index (χ1v) is 17.5. The summed E-state index contributed by atoms with van der Waals surface area (Å²) in [6.07, 6.45) is 6.69. The van der Waals surface area contributed by atoms with E-state index in [1.807, 2.05) is 12.2 Å². The van der Waals surface area contributed by atoms with Crippen molar-refractivity contribution in [3.63, 3.8) is 0 Å². The average molecular weight is 627 g/mol. The van der Waals surface area contributed by atoms with Gasteiger partial charge in [0.05, 0.1) is 28.2 Å². The molecule has 43 heavy (non-hydrogen) atoms. The largest absolute Gasteiger partial charge is 0.497 e. The maximum atomic E-state index is 13.6. The molecule has 1 heterocycles. The van der Waals surface area contributed by atoms with E-state index in [2.05, 4.69) is 0 Å². The quantitative estimate of drug-likeness (QED) is 0.419. The second-order valence-electron chi connectivity index (χ2n) is 11.2. The van der Waals surface area contributed by atoms with Crippen molar-refractivity contribution in [2.45, 2.75) is 16.2 Å². The number of hydrogen-bond donors (Lipinski definition) is 0. The van der Waals surface area contributed by atoms with Crippen molar-refractivity contribution in [3.05, 3.63) is 64.8 Å². The number of amides is 1. The molecule has 11 nitrogen and oxygen atoms in total. The van der Waals surface area contributed by atoms with Crippen LogP contribution in [0.5, 0.6) is 11.5 Å². The number of ether oxygens (including phenoxy) is 2. The minimum atomic E-state index is -3.74. The zero-order chi connectivity index (χ0) is 30.8. The van der Waals surface area contributed by atoms with Gasteiger partial charge in [-0.15, -0.1) is 0 Å². The van der Waals surface area contributed by atoms with Crippen molar-refractivity contribution in [3.8, 4) is 11.5 Å². The number of carbonyl (C=O) groups is 3. The third kappa shape index (κ3) is 5.03. The second kappa shape index (κ2) is 10.3. The summed E-state index contributed by atoms with van der Waals surface area (Å²) in [6, 6.07) is 7.06. The minimum absolute atomic E-state index is 0.0634. The Morgan fingerprint density at radius 2 is 1.53 bits per heavy atom. The van der Waals surface area contributed by atoms with Gasteiger partial charge in [0.1, 0.15) is 11.5 Å². The number of rotatable bonds is 7. The number of nitrogens with zero attached hydrogens (tertiary/aromatic N) is 2. The van der Waals surface area contributed by atoms with Crippen LogP contribution in [-0.2, 0) is 24.5 Å². The molecule has 226 valence electrons. The number of benzene rings is 2. The van der Waals surface area contributed by atoms with E-state index in [9.17, 15) is 31.2 Å². The average Bonchev–Trinajstić information content (AvgIpc) is 3.60. The molecule has 0 saturated carbocycles. The van der Waals surface area contributed by atoms with Gasteiger partial charge in [-0.3, -0.25) is 14.4 Å². The Bertz CT molecular complexity index is 1870. The van der Waals surface area contributed by atoms with Crippen LogP contribution in [0.4, 0.5) is 5.69 Å². The van der Waals surface area contributed by atoms with Gasteiger partial charge >= 0.3 is 0 Å². The lowest BCUT2D eigenvalue weighted by Gasteiger charge is -2.36. The number of anilines is 1. The Morgan fingerprint density at radius 3 is 2.14 bits per heavy atom. The molecular weight excluding hydrogens is 596 g/mol. The first-order chi connectivity index (χ1) is 20.3. The summed E-state index contributed by atoms with van der Waals surface area (Å²) in [6.45, 7) is 0.760. The van der Waals surface area contributed by atoms with Crippen molar-refractivity contribution >= 4 is 42.8 Å². The fraction of sp³-hybridized carbons (Fsp3) is 0.367. The summed E-state index contributed by atoms with van der Waals surface area (Å²) in [4.78, 5) is 43.4. The Hall–Kier alpha value is -3.97. The number of piperazine rings is 1. The molecule has 2 aromatic rings. The fourth-order valence-corrected chi connectivity index (χ4v) is 7.97. The van der Waals surface area contributed by atoms with Crippen molar-refractivity contribution < 1.29 is 40.7 Å². The van der Waals surface area contributed by atoms with Gasteiger partial charge in [0, 0.05) is 73.3 Å². The van der Waals surface area contributed by atoms with Crippen LogP contribution in [0, 0.1) is 11.8 Å². The molecule has 13 heteroatoms. The minimum Gasteiger partial charge on any atom is -0.497 e. The highest BCUT2D eigenvalue weighted by atomic mass is 32.2. The number of hydrogen-bond acceptors (Lipinski definition) is 10. The topological polar surface area (TPSA) is 144 Å². The van der Waals surface area contributed by atoms with Crippen LogP contribution in [0.1, 0.15) is 27.1 Å². The van der Waals surface area contributed by atoms with E-state index in [4.69, 9.17) is 9.47 Å². The molecule has 1 amide bonds. The summed E-state index contributed by atoms with van der Waals surface area (Å²) in [7, 11) is -5.90. The molecule has 4 aliphatic rings. The number of methoxy groups -OCH3 is 1. The molecule has 2 unspecified atom stereocenters. The molecule has 2 atom stereocenters. The summed E-state index contributed by atoms with van der Waals surface area (Å²) in [5.41, 5.74) is 1.79. The summed E-state index contributed by atoms with van der Waals surface area (Å²) < 4.78 is 60.2. The normalized spacial score (nSPS) is 21.3. The van der Waals surface area contributed by atoms with Gasteiger partial charge < -0.3 is 19.3 Å². The highest BCUT2D eigenvalue weighted by molar-refractivity contribution is 7.91. The van der Waals surface area contributed by atoms with E-state index >= 15 is 0 Å². The SMILES string of the molecule is COc1cc(OCC(=O)N2CCN(c3ccc(S(C)(=O)=O)cc3S(C)(=O)=O)CC2)c2c(c1)C(=O)C1=C(C2=O)C2C=CC1C2. The summed E-state index contributed by atoms with van der Waals surface area (Å²) >= 11 is 0. The van der Waals surface area contributed by atoms with Crippen LogP contribution in [0.25, 0.3) is 0 Å². The van der Waals surface area contributed by atoms with E-state index in [-0.39, 0.29) is 75.7 Å². The number of ketones is 2. The monoisotopic (exact) mass is 626 g/mol. The Balaban J connectivity index is 1.17. The number of carbonyl (C=O) groups excluding carboxylic acids is 3. The molecule has 1 aliphatic heterocycles. The Labute approximate surface area is 249 Å². The highest BCUT2D eigenvalue weighted by Crippen LogP contribution is 2.50. The van der Waals surface area contributed by atoms with Crippen molar-refractivity contribution in [1.82, 2.24) is 4.90 Å². The molecule has 0 aromatic heterocycles. The van der Waals surface area contributed by atoms with E-state index in [1.165, 1.54) is 31.4 Å². The predicted molar refractivity (Wildman–Crippen MR) is 156 cm³/mol. The molecule has 0 N–H and O–H groups in total. The smallest absolute Gasteiger partial charge is 0.260 e. The van der Waals surface area contributed by atoms with Gasteiger partial charge in [-0.05, 0) is 30.7 Å². The van der Waals surface area contributed by atoms with E-state index in [0.29, 0.717) is 42.1 Å². The number of allylic oxidation sites excluding steroid dienone is 4. The standard InChI is InChI=1S/C30H30N2O9S2/c1-40-19-13-21-28(30(35)27-18-5-4-17(12-18)26(27)29(21)34)23(14-19)41-16-25(33)32-10-8-31(9-11-32)22-7-6-20(42(2,36)37)15-24(22)43(3,38)39/h4-7,13-15,17-18H,8-12,16H2,1-3H3. The third-order valence-corrected chi connectivity index (χ3v) is 10.7. The molecule has 6 rings (SSSR count). The second-order valence-corrected chi connectivity index (χ2v) is 15.2. The fourth-order valence-electron chi connectivity index (χ4n) is 6.33. The van der Waals surface area contributed by atoms with E-state index in [1.54, 1.807) is 9.80 Å². The third-order valence-electron chi connectivity index (χ3n) is 8.47. The molecular formula is C30H30N2O9S2. The number of sulfone groups is 2. The molecule has 0 radical (unpaired) electrons. The molecule has 0 spiro atoms. The zero-order valence-electron chi connectivity index (χ0n) is 23.8. The van der Waals surface area contributed by atoms with Crippen LogP contribution < -0.4 is 14.4 Å². The number of fused-ring (bicyclic) bond motifs is 5. The maximum Gasteiger partial charge on any atom is 0.260 e. The van der Waals surface area contributed by atoms with Gasteiger partial charge in [-0.2, -0.15) is 0 Å². The highest BCUT2D eigenvalue weighted by Gasteiger charge is 2.47. The van der Waals surface area contributed by atoms with E-state index in [0.717, 1.165) is 18.6 Å². The van der Waals surface area contributed by atoms with Crippen molar-refractivity contribution in [1.29, 1.82) is 0 Å². The molecule has 3 aliphatic carbocycles. The first-order valence-electron chi connectivity index (χ1n) is 13.7. The summed E-state index contributed by atoms with van der Waals surface area (Å²) in [5.74, 6) is -0.530. The summed E-state index contributed by atoms with van der Waals surface area (Å²) in [5, 5.41) is 0. The maximum absolute atomic E-state index is 13.6. The lowest BCUT2D eigenvalue weighted by molar-refractivity contribution is -0.133. The van der Waals surface area contributed by atoms with Gasteiger partial charge in [-0.25, -0.2) is 16.8 Å². The predicted octanol–water partition coefficient (Wildman–Crippen LogP) is 2.11. The van der Waals surface area contributed by atoms with Crippen LogP contribution in [0.3, 0.4) is 0 Å².